The van der Waals surface area contributed by atoms with Gasteiger partial charge in [-0.15, -0.1) is 0 Å². The number of rotatable bonds is 7. The number of urea groups is 1. The summed E-state index contributed by atoms with van der Waals surface area (Å²) in [5.41, 5.74) is 0.0185. The van der Waals surface area contributed by atoms with Crippen LogP contribution in [0.4, 0.5) is 23.7 Å². The third-order valence-corrected chi connectivity index (χ3v) is 6.98. The van der Waals surface area contributed by atoms with E-state index in [1.165, 1.54) is 12.1 Å². The molecule has 3 fully saturated rings. The molecule has 0 bridgehead atoms. The number of alkyl halides is 3. The number of amides is 2. The standard InChI is InChI=1S/C24H36F3N5O2/c25-24(26,27)20-4-1-5-21(18-20)31-13-9-29(10-14-31)8-3-7-28-23(33)32-15-11-30(12-16-32)19-22-6-2-17-34-22/h1,4-5,18,22H,2-3,6-17,19H2,(H,28,33)/t22-/m1/s1. The largest absolute Gasteiger partial charge is 0.416 e. The minimum Gasteiger partial charge on any atom is -0.377 e. The van der Waals surface area contributed by atoms with Crippen molar-refractivity contribution in [1.29, 1.82) is 0 Å². The number of nitrogens with one attached hydrogen (secondary N) is 1. The molecule has 1 aromatic rings. The number of anilines is 1. The lowest BCUT2D eigenvalue weighted by molar-refractivity contribution is -0.137. The molecule has 0 aromatic heterocycles. The molecule has 1 atom stereocenters. The maximum atomic E-state index is 13.0. The Bertz CT molecular complexity index is 787. The van der Waals surface area contributed by atoms with Crippen LogP contribution in [0.3, 0.4) is 0 Å². The lowest BCUT2D eigenvalue weighted by Crippen LogP contribution is -2.53. The highest BCUT2D eigenvalue weighted by atomic mass is 19.4. The topological polar surface area (TPSA) is 51.3 Å². The summed E-state index contributed by atoms with van der Waals surface area (Å²) in [4.78, 5) is 21.1. The Morgan fingerprint density at radius 3 is 2.44 bits per heavy atom. The minimum atomic E-state index is -4.32. The number of halogens is 3. The summed E-state index contributed by atoms with van der Waals surface area (Å²) < 4.78 is 44.6. The van der Waals surface area contributed by atoms with Crippen LogP contribution in [0, 0.1) is 0 Å². The molecule has 3 saturated heterocycles. The highest BCUT2D eigenvalue weighted by molar-refractivity contribution is 5.74. The van der Waals surface area contributed by atoms with Gasteiger partial charge in [0.2, 0.25) is 0 Å². The Hall–Kier alpha value is -2.04. The van der Waals surface area contributed by atoms with Crippen LogP contribution in [-0.2, 0) is 10.9 Å². The number of piperazine rings is 2. The maximum Gasteiger partial charge on any atom is 0.416 e. The number of benzene rings is 1. The molecular weight excluding hydrogens is 447 g/mol. The molecule has 0 saturated carbocycles. The van der Waals surface area contributed by atoms with Crippen molar-refractivity contribution in [1.82, 2.24) is 20.0 Å². The summed E-state index contributed by atoms with van der Waals surface area (Å²) in [6.45, 7) is 9.62. The van der Waals surface area contributed by atoms with Crippen molar-refractivity contribution < 1.29 is 22.7 Å². The van der Waals surface area contributed by atoms with Crippen LogP contribution in [0.1, 0.15) is 24.8 Å². The van der Waals surface area contributed by atoms with E-state index in [-0.39, 0.29) is 6.03 Å². The van der Waals surface area contributed by atoms with Crippen LogP contribution in [0.2, 0.25) is 0 Å². The molecule has 0 aliphatic carbocycles. The fraction of sp³-hybridized carbons (Fsp3) is 0.708. The van der Waals surface area contributed by atoms with Gasteiger partial charge in [0, 0.05) is 77.7 Å². The zero-order valence-corrected chi connectivity index (χ0v) is 19.7. The normalized spacial score (nSPS) is 22.9. The lowest BCUT2D eigenvalue weighted by atomic mass is 10.1. The second kappa shape index (κ2) is 11.6. The summed E-state index contributed by atoms with van der Waals surface area (Å²) in [6, 6.07) is 5.55. The molecule has 0 unspecified atom stereocenters. The fourth-order valence-corrected chi connectivity index (χ4v) is 4.93. The lowest BCUT2D eigenvalue weighted by Gasteiger charge is -2.36. The van der Waals surface area contributed by atoms with Gasteiger partial charge in [0.05, 0.1) is 11.7 Å². The molecule has 4 rings (SSSR count). The van der Waals surface area contributed by atoms with Gasteiger partial charge in [0.25, 0.3) is 0 Å². The molecular formula is C24H36F3N5O2. The first kappa shape index (κ1) is 25.1. The second-order valence-electron chi connectivity index (χ2n) is 9.38. The van der Waals surface area contributed by atoms with Crippen molar-refractivity contribution in [3.05, 3.63) is 29.8 Å². The first-order valence-corrected chi connectivity index (χ1v) is 12.4. The number of hydrogen-bond donors (Lipinski definition) is 1. The van der Waals surface area contributed by atoms with E-state index in [4.69, 9.17) is 4.74 Å². The van der Waals surface area contributed by atoms with E-state index >= 15 is 0 Å². The summed E-state index contributed by atoms with van der Waals surface area (Å²) in [5.74, 6) is 0. The highest BCUT2D eigenvalue weighted by Gasteiger charge is 2.31. The summed E-state index contributed by atoms with van der Waals surface area (Å²) in [5, 5.41) is 3.04. The molecule has 7 nitrogen and oxygen atoms in total. The van der Waals surface area contributed by atoms with Crippen molar-refractivity contribution in [3.8, 4) is 0 Å². The van der Waals surface area contributed by atoms with E-state index in [0.29, 0.717) is 31.4 Å². The van der Waals surface area contributed by atoms with Crippen LogP contribution in [0.25, 0.3) is 0 Å². The minimum absolute atomic E-state index is 0.00568. The monoisotopic (exact) mass is 483 g/mol. The van der Waals surface area contributed by atoms with E-state index < -0.39 is 11.7 Å². The van der Waals surface area contributed by atoms with E-state index in [2.05, 4.69) is 15.1 Å². The molecule has 0 spiro atoms. The van der Waals surface area contributed by atoms with Crippen LogP contribution in [-0.4, -0.2) is 105 Å². The Kier molecular flexibility index (Phi) is 8.55. The third-order valence-electron chi connectivity index (χ3n) is 6.98. The molecule has 0 radical (unpaired) electrons. The molecule has 3 heterocycles. The van der Waals surface area contributed by atoms with Crippen LogP contribution < -0.4 is 10.2 Å². The SMILES string of the molecule is O=C(NCCCN1CCN(c2cccc(C(F)(F)F)c2)CC1)N1CCN(C[C@H]2CCCO2)CC1. The van der Waals surface area contributed by atoms with Crippen molar-refractivity contribution in [2.75, 3.05) is 83.5 Å². The zero-order valence-electron chi connectivity index (χ0n) is 19.7. The molecule has 1 aromatic carbocycles. The van der Waals surface area contributed by atoms with Gasteiger partial charge in [-0.1, -0.05) is 6.07 Å². The maximum absolute atomic E-state index is 13.0. The first-order valence-electron chi connectivity index (χ1n) is 12.4. The summed E-state index contributed by atoms with van der Waals surface area (Å²) >= 11 is 0. The van der Waals surface area contributed by atoms with Gasteiger partial charge in [0.15, 0.2) is 0 Å². The van der Waals surface area contributed by atoms with Crippen LogP contribution >= 0.6 is 0 Å². The number of hydrogen-bond acceptors (Lipinski definition) is 5. The molecule has 1 N–H and O–H groups in total. The van der Waals surface area contributed by atoms with Gasteiger partial charge in [0.1, 0.15) is 0 Å². The first-order chi connectivity index (χ1) is 16.4. The van der Waals surface area contributed by atoms with Crippen molar-refractivity contribution in [2.24, 2.45) is 0 Å². The molecule has 190 valence electrons. The Labute approximate surface area is 199 Å². The van der Waals surface area contributed by atoms with Gasteiger partial charge >= 0.3 is 12.2 Å². The predicted octanol–water partition coefficient (Wildman–Crippen LogP) is 2.72. The van der Waals surface area contributed by atoms with Gasteiger partial charge in [-0.25, -0.2) is 4.79 Å². The molecule has 10 heteroatoms. The van der Waals surface area contributed by atoms with Crippen molar-refractivity contribution in [2.45, 2.75) is 31.5 Å². The van der Waals surface area contributed by atoms with Crippen molar-refractivity contribution in [3.63, 3.8) is 0 Å². The van der Waals surface area contributed by atoms with Gasteiger partial charge in [-0.3, -0.25) is 9.80 Å². The molecule has 34 heavy (non-hydrogen) atoms. The molecule has 3 aliphatic heterocycles. The van der Waals surface area contributed by atoms with Gasteiger partial charge in [-0.05, 0) is 44.0 Å². The summed E-state index contributed by atoms with van der Waals surface area (Å²) in [7, 11) is 0. The van der Waals surface area contributed by atoms with Gasteiger partial charge in [-0.2, -0.15) is 13.2 Å². The Balaban J connectivity index is 1.09. The average molecular weight is 484 g/mol. The van der Waals surface area contributed by atoms with E-state index in [1.807, 2.05) is 9.80 Å². The predicted molar refractivity (Wildman–Crippen MR) is 125 cm³/mol. The van der Waals surface area contributed by atoms with E-state index in [1.54, 1.807) is 6.07 Å². The average Bonchev–Trinajstić information content (AvgIpc) is 3.35. The van der Waals surface area contributed by atoms with Gasteiger partial charge < -0.3 is 19.9 Å². The van der Waals surface area contributed by atoms with Crippen molar-refractivity contribution >= 4 is 11.7 Å². The quantitative estimate of drug-likeness (QED) is 0.605. The Morgan fingerprint density at radius 2 is 1.76 bits per heavy atom. The van der Waals surface area contributed by atoms with E-state index in [9.17, 15) is 18.0 Å². The van der Waals surface area contributed by atoms with E-state index in [0.717, 1.165) is 84.3 Å². The zero-order chi connectivity index (χ0) is 24.0. The smallest absolute Gasteiger partial charge is 0.377 e. The number of carbonyl (C=O) groups is 1. The second-order valence-corrected chi connectivity index (χ2v) is 9.38. The molecule has 2 amide bonds. The number of nitrogens with zero attached hydrogens (tertiary/aromatic N) is 4. The fourth-order valence-electron chi connectivity index (χ4n) is 4.93. The number of carbonyl (C=O) groups excluding carboxylic acids is 1. The molecule has 3 aliphatic rings. The highest BCUT2D eigenvalue weighted by Crippen LogP contribution is 2.31. The van der Waals surface area contributed by atoms with Crippen LogP contribution in [0.5, 0.6) is 0 Å². The number of ether oxygens (including phenoxy) is 1. The van der Waals surface area contributed by atoms with Crippen LogP contribution in [0.15, 0.2) is 24.3 Å². The Morgan fingerprint density at radius 1 is 1.03 bits per heavy atom. The summed E-state index contributed by atoms with van der Waals surface area (Å²) in [6.07, 6.45) is -0.819. The third kappa shape index (κ3) is 6.99.